The molecule has 1 aromatic carbocycles. The summed E-state index contributed by atoms with van der Waals surface area (Å²) in [6.45, 7) is 10.1. The number of anilines is 3. The molecule has 2 saturated carbocycles. The quantitative estimate of drug-likeness (QED) is 0.175. The number of rotatable bonds is 10. The lowest BCUT2D eigenvalue weighted by Crippen LogP contribution is -2.58. The van der Waals surface area contributed by atoms with Crippen molar-refractivity contribution < 1.29 is 24.0 Å². The molecule has 16 nitrogen and oxygen atoms in total. The summed E-state index contributed by atoms with van der Waals surface area (Å²) in [6, 6.07) is 13.8. The van der Waals surface area contributed by atoms with E-state index in [0.717, 1.165) is 89.5 Å². The van der Waals surface area contributed by atoms with Crippen LogP contribution in [-0.4, -0.2) is 134 Å². The summed E-state index contributed by atoms with van der Waals surface area (Å²) < 4.78 is 2.19. The van der Waals surface area contributed by atoms with Crippen LogP contribution in [0.4, 0.5) is 17.3 Å². The van der Waals surface area contributed by atoms with Gasteiger partial charge in [0.25, 0.3) is 0 Å². The third-order valence-corrected chi connectivity index (χ3v) is 17.4. The lowest BCUT2D eigenvalue weighted by atomic mass is 9.73. The van der Waals surface area contributed by atoms with E-state index in [4.69, 9.17) is 9.97 Å². The minimum absolute atomic E-state index is 0.102. The zero-order valence-electron chi connectivity index (χ0n) is 40.8. The SMILES string of the molecule is CC(C)n1cnc2cc(-c3ccc4c(c3)N([C@H]3C[C@@H](N5CCCCC5)C3)C(=O)C43CCN(C(=O)[C@H]4CCN(C(=O)C5CCN(c6ccc(C7CCC(=O)NC7=O)cn6)CC5)C4)CC3)nc(NC3CC3)c21. The number of aromatic nitrogens is 4. The Hall–Kier alpha value is -5.90. The maximum atomic E-state index is 15.2. The molecule has 3 aromatic heterocycles. The highest BCUT2D eigenvalue weighted by molar-refractivity contribution is 6.09. The van der Waals surface area contributed by atoms with Crippen molar-refractivity contribution in [3.8, 4) is 11.3 Å². The number of nitrogens with one attached hydrogen (secondary N) is 2. The van der Waals surface area contributed by atoms with Crippen molar-refractivity contribution >= 4 is 57.9 Å². The van der Waals surface area contributed by atoms with Gasteiger partial charge in [0.15, 0.2) is 5.82 Å². The van der Waals surface area contributed by atoms with Crippen molar-refractivity contribution in [2.24, 2.45) is 11.8 Å². The fourth-order valence-corrected chi connectivity index (χ4v) is 13.0. The van der Waals surface area contributed by atoms with Crippen LogP contribution < -0.4 is 20.4 Å². The van der Waals surface area contributed by atoms with Gasteiger partial charge in [0.1, 0.15) is 11.3 Å². The number of pyridine rings is 2. The minimum atomic E-state index is -0.690. The molecule has 5 saturated heterocycles. The van der Waals surface area contributed by atoms with Gasteiger partial charge in [0.05, 0.1) is 34.8 Å². The number of likely N-dealkylation sites (tertiary alicyclic amines) is 3. The van der Waals surface area contributed by atoms with Crippen LogP contribution in [0.15, 0.2) is 48.9 Å². The lowest BCUT2D eigenvalue weighted by Gasteiger charge is -2.48. The number of nitrogens with zero attached hydrogens (tertiary/aromatic N) is 9. The number of benzene rings is 1. The smallest absolute Gasteiger partial charge is 0.238 e. The Morgan fingerprint density at radius 1 is 0.786 bits per heavy atom. The van der Waals surface area contributed by atoms with Crippen LogP contribution in [0.25, 0.3) is 22.3 Å². The van der Waals surface area contributed by atoms with E-state index in [1.807, 2.05) is 28.3 Å². The average molecular weight is 950 g/mol. The van der Waals surface area contributed by atoms with Gasteiger partial charge in [0, 0.05) is 93.2 Å². The van der Waals surface area contributed by atoms with Crippen molar-refractivity contribution in [3.63, 3.8) is 0 Å². The van der Waals surface area contributed by atoms with E-state index < -0.39 is 5.41 Å². The zero-order valence-corrected chi connectivity index (χ0v) is 40.8. The second-order valence-electron chi connectivity index (χ2n) is 22.1. The van der Waals surface area contributed by atoms with Gasteiger partial charge in [-0.25, -0.2) is 15.0 Å². The predicted molar refractivity (Wildman–Crippen MR) is 266 cm³/mol. The second kappa shape index (κ2) is 18.1. The number of amides is 5. The topological polar surface area (TPSA) is 169 Å². The fourth-order valence-electron chi connectivity index (χ4n) is 13.0. The first-order valence-corrected chi connectivity index (χ1v) is 26.5. The average Bonchev–Trinajstić information content (AvgIpc) is 3.75. The van der Waals surface area contributed by atoms with Crippen LogP contribution in [0.3, 0.4) is 0 Å². The molecule has 70 heavy (non-hydrogen) atoms. The molecule has 2 N–H and O–H groups in total. The molecule has 4 aromatic rings. The van der Waals surface area contributed by atoms with Crippen LogP contribution >= 0.6 is 0 Å². The number of piperidine rings is 4. The van der Waals surface area contributed by atoms with Crippen LogP contribution in [0.5, 0.6) is 0 Å². The van der Waals surface area contributed by atoms with Gasteiger partial charge < -0.3 is 34.4 Å². The maximum absolute atomic E-state index is 15.2. The fraction of sp³-hybridized carbons (Fsp3) is 0.593. The number of fused-ring (bicyclic) bond motifs is 3. The van der Waals surface area contributed by atoms with Crippen LogP contribution in [0.2, 0.25) is 0 Å². The number of hydrogen-bond donors (Lipinski definition) is 2. The van der Waals surface area contributed by atoms with Gasteiger partial charge in [0.2, 0.25) is 29.5 Å². The number of imidazole rings is 1. The van der Waals surface area contributed by atoms with Gasteiger partial charge in [-0.2, -0.15) is 0 Å². The summed E-state index contributed by atoms with van der Waals surface area (Å²) in [5.74, 6) is 0.894. The lowest BCUT2D eigenvalue weighted by molar-refractivity contribution is -0.140. The summed E-state index contributed by atoms with van der Waals surface area (Å²) in [5, 5.41) is 6.13. The zero-order chi connectivity index (χ0) is 47.8. The van der Waals surface area contributed by atoms with E-state index >= 15 is 4.79 Å². The van der Waals surface area contributed by atoms with Gasteiger partial charge in [-0.05, 0) is 133 Å². The summed E-state index contributed by atoms with van der Waals surface area (Å²) in [7, 11) is 0. The monoisotopic (exact) mass is 950 g/mol. The van der Waals surface area contributed by atoms with E-state index in [2.05, 4.69) is 73.0 Å². The molecule has 2 atom stereocenters. The largest absolute Gasteiger partial charge is 0.366 e. The van der Waals surface area contributed by atoms with Crippen molar-refractivity contribution in [2.75, 3.05) is 67.5 Å². The summed E-state index contributed by atoms with van der Waals surface area (Å²) in [6.07, 6.45) is 15.7. The molecule has 16 heteroatoms. The number of hydrogen-bond acceptors (Lipinski definition) is 11. The normalized spacial score (nSPS) is 26.3. The van der Waals surface area contributed by atoms with Crippen LogP contribution in [0, 0.1) is 11.8 Å². The Bertz CT molecular complexity index is 2700. The van der Waals surface area contributed by atoms with E-state index in [1.54, 1.807) is 6.20 Å². The van der Waals surface area contributed by atoms with E-state index in [1.165, 1.54) is 19.3 Å². The van der Waals surface area contributed by atoms with Crippen molar-refractivity contribution in [1.82, 2.24) is 39.5 Å². The molecule has 2 aliphatic carbocycles. The molecule has 1 unspecified atom stereocenters. The standard InChI is InChI=1S/C54H67N11O5/c1-33(2)64-32-56-44-29-43(58-49(48(44)64)57-38-8-9-38)35-6-11-42-45(26-35)65(40-27-39(28-40)60-19-4-3-5-20-60)53(70)54(42)17-24-62(25-18-54)52(69)37-16-23-63(31-37)51(68)34-14-21-61(22-15-34)46-12-7-36(30-55-46)41-10-13-47(66)59-50(41)67/h6-7,11-12,26,29-30,32-34,37-41H,3-5,8-10,13-25,27-28,31H2,1-2H3,(H,57,58)(H,59,66,67)/t37-,39-,40+,41?/m0/s1. The first-order valence-electron chi connectivity index (χ1n) is 26.5. The molecule has 8 aliphatic rings. The highest BCUT2D eigenvalue weighted by atomic mass is 16.2. The Kier molecular flexibility index (Phi) is 11.7. The van der Waals surface area contributed by atoms with Gasteiger partial charge in [-0.15, -0.1) is 0 Å². The molecule has 0 radical (unpaired) electrons. The van der Waals surface area contributed by atoms with Gasteiger partial charge >= 0.3 is 0 Å². The predicted octanol–water partition coefficient (Wildman–Crippen LogP) is 6.16. The van der Waals surface area contributed by atoms with Gasteiger partial charge in [-0.3, -0.25) is 29.3 Å². The number of imide groups is 1. The van der Waals surface area contributed by atoms with Crippen molar-refractivity contribution in [1.29, 1.82) is 0 Å². The first kappa shape index (κ1) is 45.3. The van der Waals surface area contributed by atoms with Crippen molar-refractivity contribution in [2.45, 2.75) is 139 Å². The first-order chi connectivity index (χ1) is 34.0. The Morgan fingerprint density at radius 2 is 1.54 bits per heavy atom. The molecular weight excluding hydrogens is 883 g/mol. The molecule has 6 aliphatic heterocycles. The molecule has 7 fully saturated rings. The molecule has 0 bridgehead atoms. The summed E-state index contributed by atoms with van der Waals surface area (Å²) in [5.41, 5.74) is 5.98. The number of carbonyl (C=O) groups is 5. The Balaban J connectivity index is 0.712. The van der Waals surface area contributed by atoms with E-state index in [9.17, 15) is 19.2 Å². The third kappa shape index (κ3) is 8.11. The summed E-state index contributed by atoms with van der Waals surface area (Å²) in [4.78, 5) is 93.1. The molecule has 1 spiro atoms. The molecule has 368 valence electrons. The third-order valence-electron chi connectivity index (χ3n) is 17.4. The molecule has 9 heterocycles. The molecule has 12 rings (SSSR count). The van der Waals surface area contributed by atoms with Crippen molar-refractivity contribution in [3.05, 3.63) is 60.0 Å². The highest BCUT2D eigenvalue weighted by Crippen LogP contribution is 2.52. The number of carbonyl (C=O) groups excluding carboxylic acids is 5. The Labute approximate surface area is 409 Å². The molecular formula is C54H67N11O5. The van der Waals surface area contributed by atoms with E-state index in [0.29, 0.717) is 96.3 Å². The second-order valence-corrected chi connectivity index (χ2v) is 22.1. The minimum Gasteiger partial charge on any atom is -0.366 e. The Morgan fingerprint density at radius 3 is 2.26 bits per heavy atom. The molecule has 5 amide bonds. The highest BCUT2D eigenvalue weighted by Gasteiger charge is 2.56. The maximum Gasteiger partial charge on any atom is 0.238 e. The summed E-state index contributed by atoms with van der Waals surface area (Å²) >= 11 is 0. The van der Waals surface area contributed by atoms with Crippen LogP contribution in [0.1, 0.15) is 127 Å². The van der Waals surface area contributed by atoms with Gasteiger partial charge in [-0.1, -0.05) is 24.6 Å². The van der Waals surface area contributed by atoms with Crippen LogP contribution in [-0.2, 0) is 29.4 Å². The van der Waals surface area contributed by atoms with E-state index in [-0.39, 0.29) is 59.4 Å².